The van der Waals surface area contributed by atoms with Crippen LogP contribution in [-0.2, 0) is 5.41 Å². The molecular weight excluding hydrogens is 368 g/mol. The van der Waals surface area contributed by atoms with Gasteiger partial charge < -0.3 is 4.42 Å². The molecule has 0 N–H and O–H groups in total. The second-order valence-corrected chi connectivity index (χ2v) is 8.45. The molecule has 0 aromatic heterocycles. The van der Waals surface area contributed by atoms with Crippen LogP contribution in [0, 0.1) is 0 Å². The van der Waals surface area contributed by atoms with Crippen molar-refractivity contribution in [1.82, 2.24) is 4.58 Å². The van der Waals surface area contributed by atoms with E-state index in [1.54, 1.807) is 0 Å². The highest BCUT2D eigenvalue weighted by atomic mass is 16.3. The first kappa shape index (κ1) is 21.8. The average Bonchev–Trinajstić information content (AvgIpc) is 2.74. The molecule has 3 heteroatoms. The van der Waals surface area contributed by atoms with Crippen LogP contribution in [-0.4, -0.2) is 19.3 Å². The Morgan fingerprint density at radius 2 is 1.70 bits per heavy atom. The summed E-state index contributed by atoms with van der Waals surface area (Å²) in [5, 5.41) is 1.20. The monoisotopic (exact) mass is 401 g/mol. The molecule has 1 heterocycles. The number of hydrogen-bond donors (Lipinski definition) is 0. The SMILES string of the molecule is CC[N+](CC)=c1ccc2c(C=CCC=Nc3ccccc3)cc(C(C)(C)C)oc-2c1. The highest BCUT2D eigenvalue weighted by Crippen LogP contribution is 2.33. The van der Waals surface area contributed by atoms with Gasteiger partial charge in [0, 0.05) is 29.7 Å². The van der Waals surface area contributed by atoms with Gasteiger partial charge in [0.05, 0.1) is 11.8 Å². The molecule has 1 aromatic rings. The molecule has 0 spiro atoms. The summed E-state index contributed by atoms with van der Waals surface area (Å²) in [5.41, 5.74) is 3.24. The highest BCUT2D eigenvalue weighted by molar-refractivity contribution is 5.74. The molecule has 0 amide bonds. The van der Waals surface area contributed by atoms with E-state index in [1.165, 1.54) is 10.9 Å². The zero-order valence-electron chi connectivity index (χ0n) is 18.9. The fourth-order valence-electron chi connectivity index (χ4n) is 3.42. The minimum absolute atomic E-state index is 0.0588. The first-order chi connectivity index (χ1) is 14.4. The maximum absolute atomic E-state index is 6.35. The van der Waals surface area contributed by atoms with Crippen LogP contribution in [0.1, 0.15) is 52.4 Å². The Bertz CT molecular complexity index is 1060. The van der Waals surface area contributed by atoms with Crippen molar-refractivity contribution >= 4 is 18.0 Å². The van der Waals surface area contributed by atoms with Crippen molar-refractivity contribution in [2.24, 2.45) is 4.99 Å². The van der Waals surface area contributed by atoms with E-state index in [-0.39, 0.29) is 5.41 Å². The molecule has 1 aliphatic heterocycles. The van der Waals surface area contributed by atoms with Gasteiger partial charge in [-0.05, 0) is 43.7 Å². The number of rotatable bonds is 6. The van der Waals surface area contributed by atoms with Crippen molar-refractivity contribution < 1.29 is 4.42 Å². The van der Waals surface area contributed by atoms with E-state index in [0.717, 1.165) is 42.3 Å². The van der Waals surface area contributed by atoms with Crippen molar-refractivity contribution in [3.63, 3.8) is 0 Å². The minimum atomic E-state index is -0.0588. The highest BCUT2D eigenvalue weighted by Gasteiger charge is 2.21. The molecular formula is C27H33N2O+. The average molecular weight is 402 g/mol. The number of aliphatic imine (C=N–C) groups is 1. The normalized spacial score (nSPS) is 12.3. The first-order valence-corrected chi connectivity index (χ1v) is 10.8. The Balaban J connectivity index is 1.96. The molecule has 0 saturated heterocycles. The lowest BCUT2D eigenvalue weighted by atomic mass is 9.90. The quantitative estimate of drug-likeness (QED) is 0.352. The molecule has 1 aromatic carbocycles. The van der Waals surface area contributed by atoms with E-state index < -0.39 is 0 Å². The summed E-state index contributed by atoms with van der Waals surface area (Å²) >= 11 is 0. The van der Waals surface area contributed by atoms with E-state index >= 15 is 0 Å². The third-order valence-electron chi connectivity index (χ3n) is 5.19. The van der Waals surface area contributed by atoms with E-state index in [4.69, 9.17) is 4.42 Å². The second-order valence-electron chi connectivity index (χ2n) is 8.45. The maximum atomic E-state index is 6.35. The van der Waals surface area contributed by atoms with Crippen molar-refractivity contribution in [2.75, 3.05) is 13.1 Å². The van der Waals surface area contributed by atoms with Crippen LogP contribution in [0.5, 0.6) is 0 Å². The van der Waals surface area contributed by atoms with Gasteiger partial charge in [0.1, 0.15) is 24.6 Å². The third kappa shape index (κ3) is 5.35. The summed E-state index contributed by atoms with van der Waals surface area (Å²) in [6, 6.07) is 18.7. The molecule has 0 radical (unpaired) electrons. The summed E-state index contributed by atoms with van der Waals surface area (Å²) in [7, 11) is 0. The van der Waals surface area contributed by atoms with Gasteiger partial charge in [-0.3, -0.25) is 4.99 Å². The van der Waals surface area contributed by atoms with Crippen LogP contribution in [0.15, 0.2) is 70.1 Å². The van der Waals surface area contributed by atoms with Crippen molar-refractivity contribution in [3.05, 3.63) is 77.4 Å². The molecule has 0 atom stereocenters. The largest absolute Gasteiger partial charge is 0.460 e. The Morgan fingerprint density at radius 1 is 0.967 bits per heavy atom. The predicted molar refractivity (Wildman–Crippen MR) is 129 cm³/mol. The van der Waals surface area contributed by atoms with Crippen LogP contribution >= 0.6 is 0 Å². The number of allylic oxidation sites excluding steroid dienone is 1. The number of fused-ring (bicyclic) bond motifs is 1. The van der Waals surface area contributed by atoms with Crippen molar-refractivity contribution in [3.8, 4) is 11.3 Å². The number of benzene rings is 2. The Kier molecular flexibility index (Phi) is 7.04. The lowest BCUT2D eigenvalue weighted by Gasteiger charge is -2.20. The standard InChI is InChI=1S/C27H33N2O/c1-6-29(7-2)23-16-17-24-21(19-26(27(3,4)5)30-25(24)20-23)13-11-12-18-28-22-14-9-8-10-15-22/h8-11,13-20H,6-7,12H2,1-5H3/q+1. The van der Waals surface area contributed by atoms with Gasteiger partial charge in [-0.15, -0.1) is 0 Å². The smallest absolute Gasteiger partial charge is 0.203 e. The summed E-state index contributed by atoms with van der Waals surface area (Å²) < 4.78 is 8.69. The van der Waals surface area contributed by atoms with Gasteiger partial charge in [0.15, 0.2) is 0 Å². The molecule has 3 rings (SSSR count). The van der Waals surface area contributed by atoms with Crippen LogP contribution in [0.4, 0.5) is 5.69 Å². The van der Waals surface area contributed by atoms with E-state index in [2.05, 4.69) is 80.6 Å². The van der Waals surface area contributed by atoms with Gasteiger partial charge in [0.25, 0.3) is 0 Å². The molecule has 1 aliphatic carbocycles. The van der Waals surface area contributed by atoms with E-state index in [1.807, 2.05) is 36.5 Å². The van der Waals surface area contributed by atoms with Gasteiger partial charge >= 0.3 is 0 Å². The Labute approximate surface area is 180 Å². The molecule has 0 bridgehead atoms. The van der Waals surface area contributed by atoms with Crippen molar-refractivity contribution in [1.29, 1.82) is 0 Å². The Hall–Kier alpha value is -2.94. The molecule has 2 aliphatic rings. The fourth-order valence-corrected chi connectivity index (χ4v) is 3.42. The number of hydrogen-bond acceptors (Lipinski definition) is 2. The van der Waals surface area contributed by atoms with Gasteiger partial charge in [0.2, 0.25) is 5.36 Å². The third-order valence-corrected chi connectivity index (χ3v) is 5.19. The van der Waals surface area contributed by atoms with Crippen LogP contribution in [0.25, 0.3) is 17.4 Å². The van der Waals surface area contributed by atoms with Crippen molar-refractivity contribution in [2.45, 2.75) is 46.5 Å². The summed E-state index contributed by atoms with van der Waals surface area (Å²) in [4.78, 5) is 4.51. The minimum Gasteiger partial charge on any atom is -0.460 e. The zero-order valence-corrected chi connectivity index (χ0v) is 18.9. The predicted octanol–water partition coefficient (Wildman–Crippen LogP) is 6.30. The van der Waals surface area contributed by atoms with Gasteiger partial charge in [-0.2, -0.15) is 0 Å². The number of para-hydroxylation sites is 1. The molecule has 0 unspecified atom stereocenters. The van der Waals surface area contributed by atoms with Gasteiger partial charge in [-0.1, -0.05) is 51.1 Å². The van der Waals surface area contributed by atoms with Crippen LogP contribution in [0.2, 0.25) is 0 Å². The summed E-state index contributed by atoms with van der Waals surface area (Å²) in [6.45, 7) is 12.9. The summed E-state index contributed by atoms with van der Waals surface area (Å²) in [5.74, 6) is 1.92. The van der Waals surface area contributed by atoms with E-state index in [9.17, 15) is 0 Å². The lowest BCUT2D eigenvalue weighted by molar-refractivity contribution is 0.404. The number of nitrogens with zero attached hydrogens (tertiary/aromatic N) is 2. The van der Waals surface area contributed by atoms with Crippen LogP contribution < -0.4 is 9.93 Å². The molecule has 0 fully saturated rings. The molecule has 3 nitrogen and oxygen atoms in total. The molecule has 0 saturated carbocycles. The summed E-state index contributed by atoms with van der Waals surface area (Å²) in [6.07, 6.45) is 7.07. The van der Waals surface area contributed by atoms with Crippen LogP contribution in [0.3, 0.4) is 0 Å². The second kappa shape index (κ2) is 9.71. The van der Waals surface area contributed by atoms with Gasteiger partial charge in [-0.25, -0.2) is 4.58 Å². The molecule has 156 valence electrons. The first-order valence-electron chi connectivity index (χ1n) is 10.8. The fraction of sp³-hybridized carbons (Fsp3) is 0.333. The Morgan fingerprint density at radius 3 is 2.37 bits per heavy atom. The maximum Gasteiger partial charge on any atom is 0.203 e. The zero-order chi connectivity index (χ0) is 21.6. The topological polar surface area (TPSA) is 28.5 Å². The lowest BCUT2D eigenvalue weighted by Crippen LogP contribution is -2.29. The molecule has 30 heavy (non-hydrogen) atoms. The van der Waals surface area contributed by atoms with E-state index in [0.29, 0.717) is 0 Å².